The summed E-state index contributed by atoms with van der Waals surface area (Å²) in [5.41, 5.74) is 9.91. The summed E-state index contributed by atoms with van der Waals surface area (Å²) < 4.78 is 0. The highest BCUT2D eigenvalue weighted by atomic mass is 35.5. The number of nitrogens with two attached hydrogens (primary N) is 1. The first kappa shape index (κ1) is 20.8. The standard InChI is InChI=1S/C18H13Cl2N3O2S3/c1-8(22-23-18(26)14-5-4-13(28-14)17(21)25)10-7-27-16(15(10)24)9-2-3-11(19)12(20)6-9/h2-7,24H,1H3,(H2,21,25)(H,23,26)/b22-8+. The molecule has 3 aromatic rings. The Morgan fingerprint density at radius 3 is 2.57 bits per heavy atom. The zero-order valence-electron chi connectivity index (χ0n) is 14.3. The molecule has 0 saturated carbocycles. The molecule has 144 valence electrons. The highest BCUT2D eigenvalue weighted by Crippen LogP contribution is 2.40. The highest BCUT2D eigenvalue weighted by Gasteiger charge is 2.16. The monoisotopic (exact) mass is 469 g/mol. The molecule has 3 rings (SSSR count). The molecule has 2 aromatic heterocycles. The molecule has 0 aliphatic rings. The van der Waals surface area contributed by atoms with Crippen LogP contribution >= 0.6 is 58.1 Å². The van der Waals surface area contributed by atoms with Gasteiger partial charge in [0, 0.05) is 5.38 Å². The van der Waals surface area contributed by atoms with E-state index in [1.807, 2.05) is 0 Å². The second-order valence-electron chi connectivity index (χ2n) is 5.62. The predicted molar refractivity (Wildman–Crippen MR) is 121 cm³/mol. The zero-order valence-corrected chi connectivity index (χ0v) is 18.3. The SMILES string of the molecule is C/C(=N\NC(=S)c1ccc(C(N)=O)s1)c1csc(-c2ccc(Cl)c(Cl)c2)c1O. The van der Waals surface area contributed by atoms with Gasteiger partial charge in [0.15, 0.2) is 0 Å². The van der Waals surface area contributed by atoms with Gasteiger partial charge in [0.25, 0.3) is 5.91 Å². The number of amides is 1. The maximum Gasteiger partial charge on any atom is 0.258 e. The van der Waals surface area contributed by atoms with Crippen molar-refractivity contribution in [3.8, 4) is 16.2 Å². The quantitative estimate of drug-likeness (QED) is 0.269. The number of nitrogens with zero attached hydrogens (tertiary/aromatic N) is 1. The summed E-state index contributed by atoms with van der Waals surface area (Å²) in [5.74, 6) is -0.402. The molecule has 0 atom stereocenters. The lowest BCUT2D eigenvalue weighted by molar-refractivity contribution is 0.100. The molecule has 0 radical (unpaired) electrons. The van der Waals surface area contributed by atoms with Gasteiger partial charge >= 0.3 is 0 Å². The summed E-state index contributed by atoms with van der Waals surface area (Å²) in [6, 6.07) is 8.49. The lowest BCUT2D eigenvalue weighted by Gasteiger charge is -2.04. The number of hydrogen-bond acceptors (Lipinski definition) is 6. The maximum atomic E-state index is 11.2. The van der Waals surface area contributed by atoms with Gasteiger partial charge in [0.2, 0.25) is 0 Å². The third-order valence-electron chi connectivity index (χ3n) is 3.73. The average Bonchev–Trinajstić information content (AvgIpc) is 3.29. The van der Waals surface area contributed by atoms with Crippen molar-refractivity contribution < 1.29 is 9.90 Å². The summed E-state index contributed by atoms with van der Waals surface area (Å²) in [5, 5.41) is 17.5. The van der Waals surface area contributed by atoms with E-state index in [0.717, 1.165) is 5.56 Å². The fourth-order valence-corrected chi connectivity index (χ4v) is 4.58. The Hall–Kier alpha value is -1.97. The van der Waals surface area contributed by atoms with Crippen molar-refractivity contribution in [3.63, 3.8) is 0 Å². The Morgan fingerprint density at radius 1 is 1.21 bits per heavy atom. The van der Waals surface area contributed by atoms with Gasteiger partial charge in [0.1, 0.15) is 10.7 Å². The Bertz CT molecular complexity index is 1110. The van der Waals surface area contributed by atoms with Crippen LogP contribution in [0.5, 0.6) is 5.75 Å². The minimum absolute atomic E-state index is 0.101. The number of hydrogen-bond donors (Lipinski definition) is 3. The molecule has 0 unspecified atom stereocenters. The molecule has 1 amide bonds. The van der Waals surface area contributed by atoms with E-state index >= 15 is 0 Å². The minimum Gasteiger partial charge on any atom is -0.506 e. The lowest BCUT2D eigenvalue weighted by atomic mass is 10.1. The van der Waals surface area contributed by atoms with Gasteiger partial charge in [-0.1, -0.05) is 41.5 Å². The molecule has 10 heteroatoms. The van der Waals surface area contributed by atoms with Gasteiger partial charge in [0.05, 0.1) is 36.0 Å². The minimum atomic E-state index is -0.503. The van der Waals surface area contributed by atoms with Crippen LogP contribution in [0.1, 0.15) is 27.0 Å². The van der Waals surface area contributed by atoms with Crippen molar-refractivity contribution in [3.05, 3.63) is 61.1 Å². The molecule has 2 heterocycles. The van der Waals surface area contributed by atoms with Gasteiger partial charge in [-0.3, -0.25) is 10.2 Å². The van der Waals surface area contributed by atoms with Crippen LogP contribution in [0.2, 0.25) is 10.0 Å². The van der Waals surface area contributed by atoms with Crippen molar-refractivity contribution >= 4 is 74.7 Å². The van der Waals surface area contributed by atoms with Crippen molar-refractivity contribution in [2.75, 3.05) is 0 Å². The fraction of sp³-hybridized carbons (Fsp3) is 0.0556. The van der Waals surface area contributed by atoms with E-state index in [9.17, 15) is 9.90 Å². The lowest BCUT2D eigenvalue weighted by Crippen LogP contribution is -2.17. The number of nitrogens with one attached hydrogen (secondary N) is 1. The van der Waals surface area contributed by atoms with Crippen molar-refractivity contribution in [1.29, 1.82) is 0 Å². The molecule has 4 N–H and O–H groups in total. The summed E-state index contributed by atoms with van der Waals surface area (Å²) in [4.78, 5) is 13.3. The molecule has 1 aromatic carbocycles. The van der Waals surface area contributed by atoms with Gasteiger partial charge < -0.3 is 10.8 Å². The van der Waals surface area contributed by atoms with Gasteiger partial charge in [-0.15, -0.1) is 22.7 Å². The van der Waals surface area contributed by atoms with Crippen LogP contribution in [0.15, 0.2) is 40.8 Å². The highest BCUT2D eigenvalue weighted by molar-refractivity contribution is 7.81. The number of thiocarbonyl (C=S) groups is 1. The van der Waals surface area contributed by atoms with E-state index in [4.69, 9.17) is 41.2 Å². The van der Waals surface area contributed by atoms with Crippen LogP contribution in [0.3, 0.4) is 0 Å². The first-order chi connectivity index (χ1) is 13.3. The molecular formula is C18H13Cl2N3O2S3. The maximum absolute atomic E-state index is 11.2. The Morgan fingerprint density at radius 2 is 1.93 bits per heavy atom. The van der Waals surface area contributed by atoms with Crippen LogP contribution in [-0.2, 0) is 0 Å². The number of halogens is 2. The molecule has 5 nitrogen and oxygen atoms in total. The molecule has 28 heavy (non-hydrogen) atoms. The van der Waals surface area contributed by atoms with E-state index in [2.05, 4.69) is 10.5 Å². The second-order valence-corrected chi connectivity index (χ2v) is 8.81. The number of aromatic hydroxyl groups is 1. The van der Waals surface area contributed by atoms with E-state index in [-0.39, 0.29) is 5.75 Å². The zero-order chi connectivity index (χ0) is 20.4. The number of hydrazone groups is 1. The fourth-order valence-electron chi connectivity index (χ4n) is 2.29. The third kappa shape index (κ3) is 4.37. The van der Waals surface area contributed by atoms with Crippen LogP contribution in [0.4, 0.5) is 0 Å². The number of benzene rings is 1. The number of rotatable bonds is 5. The Balaban J connectivity index is 1.79. The smallest absolute Gasteiger partial charge is 0.258 e. The molecule has 0 aliphatic carbocycles. The molecule has 0 saturated heterocycles. The number of primary amides is 1. The largest absolute Gasteiger partial charge is 0.506 e. The average molecular weight is 470 g/mol. The predicted octanol–water partition coefficient (Wildman–Crippen LogP) is 5.28. The first-order valence-electron chi connectivity index (χ1n) is 7.78. The topological polar surface area (TPSA) is 87.7 Å². The molecule has 0 aliphatic heterocycles. The molecule has 0 spiro atoms. The molecular weight excluding hydrogens is 457 g/mol. The summed E-state index contributed by atoms with van der Waals surface area (Å²) >= 11 is 19.8. The third-order valence-corrected chi connectivity index (χ3v) is 7.05. The second kappa shape index (κ2) is 8.59. The summed E-state index contributed by atoms with van der Waals surface area (Å²) in [6.07, 6.45) is 0. The molecule has 0 fully saturated rings. The van der Waals surface area contributed by atoms with Gasteiger partial charge in [-0.05, 0) is 36.8 Å². The van der Waals surface area contributed by atoms with Crippen LogP contribution < -0.4 is 11.2 Å². The van der Waals surface area contributed by atoms with E-state index in [1.165, 1.54) is 22.7 Å². The Labute approximate surface area is 184 Å². The Kier molecular flexibility index (Phi) is 6.36. The van der Waals surface area contributed by atoms with E-state index in [1.54, 1.807) is 42.6 Å². The summed E-state index contributed by atoms with van der Waals surface area (Å²) in [6.45, 7) is 1.75. The van der Waals surface area contributed by atoms with Crippen LogP contribution in [0.25, 0.3) is 10.4 Å². The van der Waals surface area contributed by atoms with Crippen molar-refractivity contribution in [2.45, 2.75) is 6.92 Å². The van der Waals surface area contributed by atoms with E-state index in [0.29, 0.717) is 40.9 Å². The summed E-state index contributed by atoms with van der Waals surface area (Å²) in [7, 11) is 0. The van der Waals surface area contributed by atoms with Gasteiger partial charge in [-0.2, -0.15) is 5.10 Å². The van der Waals surface area contributed by atoms with Crippen LogP contribution in [0, 0.1) is 0 Å². The number of carbonyl (C=O) groups excluding carboxylic acids is 1. The van der Waals surface area contributed by atoms with Gasteiger partial charge in [-0.25, -0.2) is 0 Å². The van der Waals surface area contributed by atoms with Crippen molar-refractivity contribution in [2.24, 2.45) is 10.8 Å². The normalized spacial score (nSPS) is 11.5. The first-order valence-corrected chi connectivity index (χ1v) is 10.6. The molecule has 0 bridgehead atoms. The number of thiophene rings is 2. The van der Waals surface area contributed by atoms with Crippen molar-refractivity contribution in [1.82, 2.24) is 5.43 Å². The van der Waals surface area contributed by atoms with E-state index < -0.39 is 5.91 Å². The number of carbonyl (C=O) groups is 1. The van der Waals surface area contributed by atoms with Crippen LogP contribution in [-0.4, -0.2) is 21.7 Å².